The van der Waals surface area contributed by atoms with Gasteiger partial charge in [-0.25, -0.2) is 0 Å². The Balaban J connectivity index is 1.80. The summed E-state index contributed by atoms with van der Waals surface area (Å²) in [5, 5.41) is 26.0. The topological polar surface area (TPSA) is 87.4 Å². The van der Waals surface area contributed by atoms with E-state index in [1.54, 1.807) is 18.8 Å². The van der Waals surface area contributed by atoms with Crippen LogP contribution in [0.3, 0.4) is 0 Å². The monoisotopic (exact) mass is 418 g/mol. The first kappa shape index (κ1) is 23.2. The SMILES string of the molecule is CN=C(NCCCc1nnc(SC)n1CC(C)C)NCC(CO)c1ccccc1. The summed E-state index contributed by atoms with van der Waals surface area (Å²) in [4.78, 5) is 4.28. The molecule has 1 unspecified atom stereocenters. The molecular formula is C21H34N6OS. The highest BCUT2D eigenvalue weighted by Crippen LogP contribution is 2.17. The van der Waals surface area contributed by atoms with Crippen LogP contribution in [0.1, 0.15) is 37.6 Å². The maximum Gasteiger partial charge on any atom is 0.190 e. The number of hydrogen-bond donors (Lipinski definition) is 3. The van der Waals surface area contributed by atoms with Crippen molar-refractivity contribution in [3.05, 3.63) is 41.7 Å². The molecule has 29 heavy (non-hydrogen) atoms. The van der Waals surface area contributed by atoms with Crippen LogP contribution in [0.5, 0.6) is 0 Å². The van der Waals surface area contributed by atoms with E-state index in [9.17, 15) is 5.11 Å². The summed E-state index contributed by atoms with van der Waals surface area (Å²) >= 11 is 1.64. The number of benzene rings is 1. The van der Waals surface area contributed by atoms with Crippen LogP contribution in [0.4, 0.5) is 0 Å². The van der Waals surface area contributed by atoms with Gasteiger partial charge in [0, 0.05) is 39.0 Å². The van der Waals surface area contributed by atoms with Crippen LogP contribution < -0.4 is 10.6 Å². The van der Waals surface area contributed by atoms with Crippen molar-refractivity contribution in [1.82, 2.24) is 25.4 Å². The summed E-state index contributed by atoms with van der Waals surface area (Å²) < 4.78 is 2.23. The molecule has 1 aromatic carbocycles. The van der Waals surface area contributed by atoms with Crippen LogP contribution in [0, 0.1) is 5.92 Å². The molecule has 7 nitrogen and oxygen atoms in total. The molecule has 2 aromatic rings. The Bertz CT molecular complexity index is 747. The lowest BCUT2D eigenvalue weighted by molar-refractivity contribution is 0.265. The quantitative estimate of drug-likeness (QED) is 0.225. The van der Waals surface area contributed by atoms with Crippen molar-refractivity contribution in [3.63, 3.8) is 0 Å². The van der Waals surface area contributed by atoms with E-state index >= 15 is 0 Å². The fourth-order valence-electron chi connectivity index (χ4n) is 3.11. The van der Waals surface area contributed by atoms with Gasteiger partial charge in [0.1, 0.15) is 5.82 Å². The minimum Gasteiger partial charge on any atom is -0.396 e. The van der Waals surface area contributed by atoms with Crippen molar-refractivity contribution in [1.29, 1.82) is 0 Å². The third-order valence-corrected chi connectivity index (χ3v) is 5.29. The first-order valence-electron chi connectivity index (χ1n) is 10.1. The second-order valence-corrected chi connectivity index (χ2v) is 8.15. The van der Waals surface area contributed by atoms with Crippen molar-refractivity contribution >= 4 is 17.7 Å². The summed E-state index contributed by atoms with van der Waals surface area (Å²) in [6.07, 6.45) is 3.85. The minimum atomic E-state index is 0.0364. The Labute approximate surface area is 178 Å². The largest absolute Gasteiger partial charge is 0.396 e. The number of guanidine groups is 1. The van der Waals surface area contributed by atoms with Gasteiger partial charge >= 0.3 is 0 Å². The van der Waals surface area contributed by atoms with Crippen molar-refractivity contribution in [3.8, 4) is 0 Å². The van der Waals surface area contributed by atoms with Gasteiger partial charge in [-0.15, -0.1) is 10.2 Å². The molecule has 1 atom stereocenters. The summed E-state index contributed by atoms with van der Waals surface area (Å²) in [6, 6.07) is 10.0. The number of thioether (sulfide) groups is 1. The molecule has 0 spiro atoms. The minimum absolute atomic E-state index is 0.0364. The average molecular weight is 419 g/mol. The van der Waals surface area contributed by atoms with Gasteiger partial charge in [-0.1, -0.05) is 55.9 Å². The number of aryl methyl sites for hydroxylation is 1. The summed E-state index contributed by atoms with van der Waals surface area (Å²) in [7, 11) is 1.76. The lowest BCUT2D eigenvalue weighted by Gasteiger charge is -2.18. The second kappa shape index (κ2) is 12.5. The number of hydrogen-bond acceptors (Lipinski definition) is 5. The molecule has 0 saturated heterocycles. The van der Waals surface area contributed by atoms with Crippen molar-refractivity contribution < 1.29 is 5.11 Å². The zero-order chi connectivity index (χ0) is 21.1. The number of rotatable bonds is 11. The van der Waals surface area contributed by atoms with E-state index < -0.39 is 0 Å². The third kappa shape index (κ3) is 7.36. The lowest BCUT2D eigenvalue weighted by Crippen LogP contribution is -2.40. The predicted molar refractivity (Wildman–Crippen MR) is 121 cm³/mol. The molecule has 160 valence electrons. The highest BCUT2D eigenvalue weighted by molar-refractivity contribution is 7.98. The van der Waals surface area contributed by atoms with Crippen LogP contribution in [-0.2, 0) is 13.0 Å². The van der Waals surface area contributed by atoms with Gasteiger partial charge in [0.25, 0.3) is 0 Å². The van der Waals surface area contributed by atoms with Gasteiger partial charge in [-0.2, -0.15) is 0 Å². The second-order valence-electron chi connectivity index (χ2n) is 7.38. The number of nitrogens with zero attached hydrogens (tertiary/aromatic N) is 4. The molecule has 0 amide bonds. The fraction of sp³-hybridized carbons (Fsp3) is 0.571. The zero-order valence-corrected chi connectivity index (χ0v) is 18.7. The Morgan fingerprint density at radius 3 is 2.59 bits per heavy atom. The van der Waals surface area contributed by atoms with E-state index in [0.717, 1.165) is 48.4 Å². The van der Waals surface area contributed by atoms with Gasteiger partial charge < -0.3 is 20.3 Å². The molecule has 0 bridgehead atoms. The van der Waals surface area contributed by atoms with Crippen molar-refractivity contribution in [2.45, 2.75) is 44.3 Å². The molecule has 0 fully saturated rings. The average Bonchev–Trinajstić information content (AvgIpc) is 3.11. The number of nitrogens with one attached hydrogen (secondary N) is 2. The van der Waals surface area contributed by atoms with Crippen molar-refractivity contribution in [2.75, 3.05) is 33.0 Å². The Hall–Kier alpha value is -2.06. The maximum atomic E-state index is 9.70. The summed E-state index contributed by atoms with van der Waals surface area (Å²) in [5.74, 6) is 2.38. The molecule has 0 aliphatic rings. The molecule has 2 rings (SSSR count). The fourth-order valence-corrected chi connectivity index (χ4v) is 3.63. The standard InChI is InChI=1S/C21H34N6OS/c1-16(2)14-27-19(25-26-21(27)29-4)11-8-12-23-20(22-3)24-13-18(15-28)17-9-6-5-7-10-17/h5-7,9-10,16,18,28H,8,11-15H2,1-4H3,(H2,22,23,24). The van der Waals surface area contributed by atoms with E-state index in [4.69, 9.17) is 0 Å². The maximum absolute atomic E-state index is 9.70. The molecule has 1 aromatic heterocycles. The number of aromatic nitrogens is 3. The first-order valence-corrected chi connectivity index (χ1v) is 11.4. The summed E-state index contributed by atoms with van der Waals surface area (Å²) in [6.45, 7) is 6.87. The zero-order valence-electron chi connectivity index (χ0n) is 17.9. The first-order chi connectivity index (χ1) is 14.1. The van der Waals surface area contributed by atoms with Crippen LogP contribution in [0.15, 0.2) is 40.5 Å². The molecule has 0 aliphatic carbocycles. The predicted octanol–water partition coefficient (Wildman–Crippen LogP) is 2.53. The molecule has 0 saturated carbocycles. The van der Waals surface area contributed by atoms with Gasteiger partial charge in [-0.3, -0.25) is 4.99 Å². The van der Waals surface area contributed by atoms with Gasteiger partial charge in [0.2, 0.25) is 0 Å². The molecule has 1 heterocycles. The highest BCUT2D eigenvalue weighted by Gasteiger charge is 2.13. The van der Waals surface area contributed by atoms with Crippen LogP contribution in [0.2, 0.25) is 0 Å². The number of aliphatic imine (C=N–C) groups is 1. The van der Waals surface area contributed by atoms with Crippen LogP contribution in [0.25, 0.3) is 0 Å². The van der Waals surface area contributed by atoms with E-state index in [0.29, 0.717) is 12.5 Å². The Morgan fingerprint density at radius 2 is 1.97 bits per heavy atom. The molecule has 0 radical (unpaired) electrons. The van der Waals surface area contributed by atoms with Gasteiger partial charge in [0.05, 0.1) is 6.61 Å². The van der Waals surface area contributed by atoms with Gasteiger partial charge in [0.15, 0.2) is 11.1 Å². The molecule has 3 N–H and O–H groups in total. The van der Waals surface area contributed by atoms with E-state index in [2.05, 4.69) is 44.2 Å². The highest BCUT2D eigenvalue weighted by atomic mass is 32.2. The Kier molecular flexibility index (Phi) is 10.0. The molecular weight excluding hydrogens is 384 g/mol. The number of aliphatic hydroxyl groups excluding tert-OH is 1. The van der Waals surface area contributed by atoms with Crippen molar-refractivity contribution in [2.24, 2.45) is 10.9 Å². The Morgan fingerprint density at radius 1 is 1.21 bits per heavy atom. The smallest absolute Gasteiger partial charge is 0.190 e. The van der Waals surface area contributed by atoms with E-state index in [1.165, 1.54) is 0 Å². The van der Waals surface area contributed by atoms with Crippen LogP contribution in [-0.4, -0.2) is 58.8 Å². The third-order valence-electron chi connectivity index (χ3n) is 4.62. The summed E-state index contributed by atoms with van der Waals surface area (Å²) in [5.41, 5.74) is 1.12. The lowest BCUT2D eigenvalue weighted by atomic mass is 10.0. The normalized spacial score (nSPS) is 13.0. The van der Waals surface area contributed by atoms with E-state index in [-0.39, 0.29) is 12.5 Å². The molecule has 8 heteroatoms. The molecule has 0 aliphatic heterocycles. The number of aliphatic hydroxyl groups is 1. The van der Waals surface area contributed by atoms with Crippen LogP contribution >= 0.6 is 11.8 Å². The van der Waals surface area contributed by atoms with E-state index in [1.807, 2.05) is 36.6 Å². The van der Waals surface area contributed by atoms with Gasteiger partial charge in [-0.05, 0) is 24.2 Å².